The minimum absolute atomic E-state index is 0.0463. The number of carbonyl (C=O) groups is 2. The van der Waals surface area contributed by atoms with Crippen molar-refractivity contribution < 1.29 is 22.8 Å². The van der Waals surface area contributed by atoms with Gasteiger partial charge in [0.2, 0.25) is 11.8 Å². The second kappa shape index (κ2) is 8.70. The maximum Gasteiger partial charge on any atom is 0.417 e. The average molecular weight is 393 g/mol. The van der Waals surface area contributed by atoms with Gasteiger partial charge in [0.15, 0.2) is 0 Å². The molecule has 144 valence electrons. The van der Waals surface area contributed by atoms with Crippen LogP contribution in [0.15, 0.2) is 18.2 Å². The summed E-state index contributed by atoms with van der Waals surface area (Å²) < 4.78 is 38.6. The van der Waals surface area contributed by atoms with Gasteiger partial charge in [-0.15, -0.1) is 0 Å². The van der Waals surface area contributed by atoms with Crippen molar-refractivity contribution in [3.05, 3.63) is 28.8 Å². The molecule has 0 aromatic heterocycles. The number of nitrogens with one attached hydrogen (secondary N) is 2. The fraction of sp³-hybridized carbons (Fsp3) is 0.500. The van der Waals surface area contributed by atoms with Gasteiger partial charge in [-0.05, 0) is 18.2 Å². The number of halogens is 4. The Labute approximate surface area is 154 Å². The molecule has 1 aromatic carbocycles. The predicted octanol–water partition coefficient (Wildman–Crippen LogP) is 1.66. The highest BCUT2D eigenvalue weighted by Gasteiger charge is 2.33. The molecule has 2 N–H and O–H groups in total. The lowest BCUT2D eigenvalue weighted by Gasteiger charge is -2.33. The van der Waals surface area contributed by atoms with Crippen molar-refractivity contribution >= 4 is 29.1 Å². The SMILES string of the molecule is CNC(=O)CN1CCN(CC(=O)Nc2ccc(Cl)c(C(F)(F)F)c2)CC1. The molecule has 0 atom stereocenters. The molecule has 0 bridgehead atoms. The van der Waals surface area contributed by atoms with Gasteiger partial charge in [0.05, 0.1) is 23.7 Å². The van der Waals surface area contributed by atoms with Crippen molar-refractivity contribution in [1.82, 2.24) is 15.1 Å². The number of anilines is 1. The summed E-state index contributed by atoms with van der Waals surface area (Å²) in [4.78, 5) is 27.3. The molecule has 0 aliphatic carbocycles. The summed E-state index contributed by atoms with van der Waals surface area (Å²) >= 11 is 5.56. The monoisotopic (exact) mass is 392 g/mol. The molecule has 6 nitrogen and oxygen atoms in total. The van der Waals surface area contributed by atoms with Crippen molar-refractivity contribution in [2.75, 3.05) is 51.6 Å². The zero-order valence-electron chi connectivity index (χ0n) is 14.2. The van der Waals surface area contributed by atoms with Gasteiger partial charge >= 0.3 is 6.18 Å². The number of nitrogens with zero attached hydrogens (tertiary/aromatic N) is 2. The van der Waals surface area contributed by atoms with Crippen LogP contribution in [0, 0.1) is 0 Å². The van der Waals surface area contributed by atoms with E-state index in [1.165, 1.54) is 6.07 Å². The van der Waals surface area contributed by atoms with Gasteiger partial charge in [0.25, 0.3) is 0 Å². The summed E-state index contributed by atoms with van der Waals surface area (Å²) in [6.07, 6.45) is -4.58. The lowest BCUT2D eigenvalue weighted by atomic mass is 10.2. The fourth-order valence-corrected chi connectivity index (χ4v) is 2.84. The normalized spacial score (nSPS) is 16.3. The zero-order valence-corrected chi connectivity index (χ0v) is 15.0. The number of alkyl halides is 3. The van der Waals surface area contributed by atoms with Crippen LogP contribution in [0.2, 0.25) is 5.02 Å². The Kier molecular flexibility index (Phi) is 6.85. The third-order valence-electron chi connectivity index (χ3n) is 4.03. The van der Waals surface area contributed by atoms with E-state index in [-0.39, 0.29) is 18.1 Å². The molecular weight excluding hydrogens is 373 g/mol. The minimum Gasteiger partial charge on any atom is -0.358 e. The summed E-state index contributed by atoms with van der Waals surface area (Å²) in [6.45, 7) is 2.84. The lowest BCUT2D eigenvalue weighted by Crippen LogP contribution is -2.50. The van der Waals surface area contributed by atoms with Crippen LogP contribution >= 0.6 is 11.6 Å². The number of likely N-dealkylation sites (N-methyl/N-ethyl adjacent to an activating group) is 1. The first-order valence-electron chi connectivity index (χ1n) is 8.01. The third-order valence-corrected chi connectivity index (χ3v) is 4.36. The van der Waals surface area contributed by atoms with E-state index >= 15 is 0 Å². The second-order valence-electron chi connectivity index (χ2n) is 5.97. The van der Waals surface area contributed by atoms with E-state index in [2.05, 4.69) is 10.6 Å². The first kappa shape index (κ1) is 20.5. The number of piperazine rings is 1. The minimum atomic E-state index is -4.58. The second-order valence-corrected chi connectivity index (χ2v) is 6.37. The molecule has 1 heterocycles. The van der Waals surface area contributed by atoms with E-state index in [0.717, 1.165) is 12.1 Å². The van der Waals surface area contributed by atoms with Crippen LogP contribution in [-0.2, 0) is 15.8 Å². The number of amides is 2. The molecule has 26 heavy (non-hydrogen) atoms. The van der Waals surface area contributed by atoms with Crippen LogP contribution in [0.1, 0.15) is 5.56 Å². The van der Waals surface area contributed by atoms with Crippen LogP contribution in [-0.4, -0.2) is 67.9 Å². The van der Waals surface area contributed by atoms with E-state index < -0.39 is 22.7 Å². The standard InChI is InChI=1S/C16H20ClF3N4O2/c1-21-14(25)9-23-4-6-24(7-5-23)10-15(26)22-11-2-3-13(17)12(8-11)16(18,19)20/h2-3,8H,4-7,9-10H2,1H3,(H,21,25)(H,22,26). The van der Waals surface area contributed by atoms with Crippen LogP contribution in [0.5, 0.6) is 0 Å². The average Bonchev–Trinajstić information content (AvgIpc) is 2.57. The predicted molar refractivity (Wildman–Crippen MR) is 92.0 cm³/mol. The molecule has 0 saturated carbocycles. The maximum atomic E-state index is 12.9. The first-order chi connectivity index (χ1) is 12.2. The van der Waals surface area contributed by atoms with Gasteiger partial charge in [-0.3, -0.25) is 19.4 Å². The van der Waals surface area contributed by atoms with Gasteiger partial charge in [-0.2, -0.15) is 13.2 Å². The summed E-state index contributed by atoms with van der Waals surface area (Å²) in [5.74, 6) is -0.473. The number of hydrogen-bond acceptors (Lipinski definition) is 4. The summed E-state index contributed by atoms with van der Waals surface area (Å²) in [7, 11) is 1.57. The van der Waals surface area contributed by atoms with Crippen molar-refractivity contribution in [3.63, 3.8) is 0 Å². The number of carbonyl (C=O) groups excluding carboxylic acids is 2. The summed E-state index contributed by atoms with van der Waals surface area (Å²) in [5.41, 5.74) is -0.940. The van der Waals surface area contributed by atoms with Crippen molar-refractivity contribution in [1.29, 1.82) is 0 Å². The van der Waals surface area contributed by atoms with Gasteiger partial charge in [0.1, 0.15) is 0 Å². The quantitative estimate of drug-likeness (QED) is 0.800. The van der Waals surface area contributed by atoms with Crippen molar-refractivity contribution in [2.45, 2.75) is 6.18 Å². The van der Waals surface area contributed by atoms with Gasteiger partial charge in [-0.1, -0.05) is 11.6 Å². The third kappa shape index (κ3) is 5.86. The highest BCUT2D eigenvalue weighted by Crippen LogP contribution is 2.36. The van der Waals surface area contributed by atoms with Crippen molar-refractivity contribution in [2.24, 2.45) is 0 Å². The molecule has 0 radical (unpaired) electrons. The zero-order chi connectivity index (χ0) is 19.3. The molecule has 1 aromatic rings. The Morgan fingerprint density at radius 3 is 2.12 bits per heavy atom. The van der Waals surface area contributed by atoms with E-state index in [1.807, 2.05) is 9.80 Å². The highest BCUT2D eigenvalue weighted by atomic mass is 35.5. The van der Waals surface area contributed by atoms with Crippen molar-refractivity contribution in [3.8, 4) is 0 Å². The molecule has 1 aliphatic rings. The first-order valence-corrected chi connectivity index (χ1v) is 8.38. The molecule has 0 spiro atoms. The number of rotatable bonds is 5. The molecule has 1 fully saturated rings. The van der Waals surface area contributed by atoms with E-state index in [4.69, 9.17) is 11.6 Å². The van der Waals surface area contributed by atoms with Gasteiger partial charge in [0, 0.05) is 38.9 Å². The molecule has 1 aliphatic heterocycles. The summed E-state index contributed by atoms with van der Waals surface area (Å²) in [6, 6.07) is 3.26. The highest BCUT2D eigenvalue weighted by molar-refractivity contribution is 6.31. The van der Waals surface area contributed by atoms with Crippen LogP contribution < -0.4 is 10.6 Å². The summed E-state index contributed by atoms with van der Waals surface area (Å²) in [5, 5.41) is 4.60. The van der Waals surface area contributed by atoms with Crippen LogP contribution in [0.3, 0.4) is 0 Å². The Morgan fingerprint density at radius 1 is 1.08 bits per heavy atom. The molecule has 2 rings (SSSR count). The number of benzene rings is 1. The molecule has 10 heteroatoms. The molecule has 0 unspecified atom stereocenters. The van der Waals surface area contributed by atoms with Crippen LogP contribution in [0.25, 0.3) is 0 Å². The van der Waals surface area contributed by atoms with E-state index in [9.17, 15) is 22.8 Å². The Morgan fingerprint density at radius 2 is 1.62 bits per heavy atom. The Bertz CT molecular complexity index is 661. The van der Waals surface area contributed by atoms with Gasteiger partial charge in [-0.25, -0.2) is 0 Å². The fourth-order valence-electron chi connectivity index (χ4n) is 2.61. The Hall–Kier alpha value is -1.84. The Balaban J connectivity index is 1.85. The van der Waals surface area contributed by atoms with Gasteiger partial charge < -0.3 is 10.6 Å². The topological polar surface area (TPSA) is 64.7 Å². The smallest absolute Gasteiger partial charge is 0.358 e. The molecule has 1 saturated heterocycles. The number of hydrogen-bond donors (Lipinski definition) is 2. The molecule has 2 amide bonds. The van der Waals surface area contributed by atoms with Crippen LogP contribution in [0.4, 0.5) is 18.9 Å². The van der Waals surface area contributed by atoms with E-state index in [0.29, 0.717) is 32.7 Å². The molecular formula is C16H20ClF3N4O2. The maximum absolute atomic E-state index is 12.9. The lowest BCUT2D eigenvalue weighted by molar-refractivity contribution is -0.137. The largest absolute Gasteiger partial charge is 0.417 e. The van der Waals surface area contributed by atoms with E-state index in [1.54, 1.807) is 7.05 Å².